The summed E-state index contributed by atoms with van der Waals surface area (Å²) in [6.45, 7) is 3.09. The van der Waals surface area contributed by atoms with E-state index in [2.05, 4.69) is 23.5 Å². The Kier molecular flexibility index (Phi) is 3.89. The number of fused-ring (bicyclic) bond motifs is 2. The minimum Gasteiger partial charge on any atom is -0.486 e. The second-order valence-corrected chi connectivity index (χ2v) is 6.44. The molecule has 4 nitrogen and oxygen atoms in total. The van der Waals surface area contributed by atoms with Crippen molar-refractivity contribution in [2.75, 3.05) is 13.2 Å². The molecule has 0 bridgehead atoms. The van der Waals surface area contributed by atoms with Crippen molar-refractivity contribution in [3.8, 4) is 11.5 Å². The highest BCUT2D eigenvalue weighted by Crippen LogP contribution is 2.31. The van der Waals surface area contributed by atoms with Crippen LogP contribution in [0.15, 0.2) is 36.4 Å². The minimum absolute atomic E-state index is 0.0309. The molecule has 1 aliphatic carbocycles. The van der Waals surface area contributed by atoms with Crippen molar-refractivity contribution < 1.29 is 14.3 Å². The molecule has 1 atom stereocenters. The molecule has 0 radical (unpaired) electrons. The Morgan fingerprint density at radius 1 is 1.00 bits per heavy atom. The van der Waals surface area contributed by atoms with Crippen LogP contribution in [0.4, 0.5) is 0 Å². The predicted molar refractivity (Wildman–Crippen MR) is 91.8 cm³/mol. The lowest BCUT2D eigenvalue weighted by atomic mass is 10.0. The number of hydrogen-bond donors (Lipinski definition) is 1. The highest BCUT2D eigenvalue weighted by Gasteiger charge is 2.18. The Labute approximate surface area is 141 Å². The number of aryl methyl sites for hydroxylation is 2. The van der Waals surface area contributed by atoms with Crippen molar-refractivity contribution in [3.05, 3.63) is 58.7 Å². The Balaban J connectivity index is 1.49. The molecule has 0 saturated heterocycles. The fourth-order valence-corrected chi connectivity index (χ4v) is 3.41. The SMILES string of the molecule is C[C@@H](NC(=O)c1ccc2c(c1)OCCO2)c1ccc2c(c1)CCC2. The molecular formula is C20H21NO3. The van der Waals surface area contributed by atoms with Gasteiger partial charge >= 0.3 is 0 Å². The van der Waals surface area contributed by atoms with Crippen LogP contribution < -0.4 is 14.8 Å². The number of benzene rings is 2. The number of hydrogen-bond acceptors (Lipinski definition) is 3. The molecule has 1 heterocycles. The molecule has 1 amide bonds. The molecule has 2 aliphatic rings. The zero-order valence-corrected chi connectivity index (χ0v) is 13.8. The van der Waals surface area contributed by atoms with Crippen molar-refractivity contribution in [3.63, 3.8) is 0 Å². The second kappa shape index (κ2) is 6.19. The number of carbonyl (C=O) groups excluding carboxylic acids is 1. The van der Waals surface area contributed by atoms with Gasteiger partial charge in [0.15, 0.2) is 11.5 Å². The van der Waals surface area contributed by atoms with Crippen LogP contribution in [0.25, 0.3) is 0 Å². The van der Waals surface area contributed by atoms with Crippen LogP contribution in [0, 0.1) is 0 Å². The molecule has 4 heteroatoms. The number of ether oxygens (including phenoxy) is 2. The quantitative estimate of drug-likeness (QED) is 0.941. The van der Waals surface area contributed by atoms with Crippen LogP contribution in [-0.4, -0.2) is 19.1 Å². The molecule has 0 spiro atoms. The summed E-state index contributed by atoms with van der Waals surface area (Å²) in [6.07, 6.45) is 3.55. The highest BCUT2D eigenvalue weighted by molar-refractivity contribution is 5.95. The van der Waals surface area contributed by atoms with Crippen LogP contribution in [0.5, 0.6) is 11.5 Å². The van der Waals surface area contributed by atoms with Gasteiger partial charge in [0.25, 0.3) is 5.91 Å². The van der Waals surface area contributed by atoms with E-state index >= 15 is 0 Å². The normalized spacial score (nSPS) is 16.4. The fraction of sp³-hybridized carbons (Fsp3) is 0.350. The average molecular weight is 323 g/mol. The van der Waals surface area contributed by atoms with E-state index in [0.717, 1.165) is 12.0 Å². The van der Waals surface area contributed by atoms with Crippen LogP contribution in [-0.2, 0) is 12.8 Å². The van der Waals surface area contributed by atoms with Crippen LogP contribution in [0.3, 0.4) is 0 Å². The summed E-state index contributed by atoms with van der Waals surface area (Å²) in [4.78, 5) is 12.5. The first-order valence-electron chi connectivity index (χ1n) is 8.53. The number of amides is 1. The van der Waals surface area contributed by atoms with Crippen molar-refractivity contribution in [1.82, 2.24) is 5.32 Å². The molecule has 24 heavy (non-hydrogen) atoms. The maximum Gasteiger partial charge on any atom is 0.251 e. The van der Waals surface area contributed by atoms with Gasteiger partial charge in [-0.1, -0.05) is 18.2 Å². The van der Waals surface area contributed by atoms with E-state index in [1.54, 1.807) is 18.2 Å². The van der Waals surface area contributed by atoms with E-state index in [0.29, 0.717) is 30.3 Å². The van der Waals surface area contributed by atoms with E-state index in [1.807, 2.05) is 6.92 Å². The van der Waals surface area contributed by atoms with Gasteiger partial charge in [0.2, 0.25) is 0 Å². The smallest absolute Gasteiger partial charge is 0.251 e. The monoisotopic (exact) mass is 323 g/mol. The van der Waals surface area contributed by atoms with Gasteiger partial charge in [-0.25, -0.2) is 0 Å². The maximum absolute atomic E-state index is 12.5. The molecule has 1 aliphatic heterocycles. The van der Waals surface area contributed by atoms with Gasteiger partial charge in [0.05, 0.1) is 6.04 Å². The molecule has 2 aromatic rings. The summed E-state index contributed by atoms with van der Waals surface area (Å²) in [5.41, 5.74) is 4.62. The van der Waals surface area contributed by atoms with Crippen molar-refractivity contribution >= 4 is 5.91 Å². The van der Waals surface area contributed by atoms with Crippen LogP contribution >= 0.6 is 0 Å². The van der Waals surface area contributed by atoms with Gasteiger partial charge in [0.1, 0.15) is 13.2 Å². The van der Waals surface area contributed by atoms with Crippen molar-refractivity contribution in [1.29, 1.82) is 0 Å². The molecule has 0 saturated carbocycles. The van der Waals surface area contributed by atoms with Gasteiger partial charge in [-0.2, -0.15) is 0 Å². The van der Waals surface area contributed by atoms with Gasteiger partial charge in [-0.05, 0) is 61.1 Å². The highest BCUT2D eigenvalue weighted by atomic mass is 16.6. The summed E-state index contributed by atoms with van der Waals surface area (Å²) in [5, 5.41) is 3.08. The topological polar surface area (TPSA) is 47.6 Å². The zero-order chi connectivity index (χ0) is 16.5. The third-order valence-corrected chi connectivity index (χ3v) is 4.77. The molecule has 0 fully saturated rings. The van der Waals surface area contributed by atoms with E-state index in [-0.39, 0.29) is 11.9 Å². The fourth-order valence-electron chi connectivity index (χ4n) is 3.41. The molecule has 0 aromatic heterocycles. The molecule has 124 valence electrons. The summed E-state index contributed by atoms with van der Waals surface area (Å²) >= 11 is 0. The Hall–Kier alpha value is -2.49. The first-order chi connectivity index (χ1) is 11.7. The zero-order valence-electron chi connectivity index (χ0n) is 13.8. The summed E-state index contributed by atoms with van der Waals surface area (Å²) in [5.74, 6) is 1.24. The van der Waals surface area contributed by atoms with E-state index in [9.17, 15) is 4.79 Å². The Morgan fingerprint density at radius 3 is 2.67 bits per heavy atom. The first kappa shape index (κ1) is 15.1. The maximum atomic E-state index is 12.5. The van der Waals surface area contributed by atoms with Crippen LogP contribution in [0.1, 0.15) is 46.4 Å². The van der Waals surface area contributed by atoms with Crippen molar-refractivity contribution in [2.45, 2.75) is 32.2 Å². The third-order valence-electron chi connectivity index (χ3n) is 4.77. The lowest BCUT2D eigenvalue weighted by Gasteiger charge is -2.19. The first-order valence-corrected chi connectivity index (χ1v) is 8.53. The minimum atomic E-state index is -0.0972. The van der Waals surface area contributed by atoms with Crippen LogP contribution in [0.2, 0.25) is 0 Å². The van der Waals surface area contributed by atoms with Gasteiger partial charge in [0, 0.05) is 5.56 Å². The molecule has 2 aromatic carbocycles. The summed E-state index contributed by atoms with van der Waals surface area (Å²) in [7, 11) is 0. The largest absolute Gasteiger partial charge is 0.486 e. The average Bonchev–Trinajstić information content (AvgIpc) is 3.08. The molecular weight excluding hydrogens is 302 g/mol. The van der Waals surface area contributed by atoms with Gasteiger partial charge < -0.3 is 14.8 Å². The number of carbonyl (C=O) groups is 1. The molecule has 1 N–H and O–H groups in total. The van der Waals surface area contributed by atoms with E-state index in [4.69, 9.17) is 9.47 Å². The Morgan fingerprint density at radius 2 is 1.79 bits per heavy atom. The van der Waals surface area contributed by atoms with E-state index in [1.165, 1.54) is 24.0 Å². The standard InChI is InChI=1S/C20H21NO3/c1-13(15-6-5-14-3-2-4-16(14)11-15)21-20(22)17-7-8-18-19(12-17)24-10-9-23-18/h5-8,11-13H,2-4,9-10H2,1H3,(H,21,22)/t13-/m1/s1. The van der Waals surface area contributed by atoms with Gasteiger partial charge in [-0.15, -0.1) is 0 Å². The predicted octanol–water partition coefficient (Wildman–Crippen LogP) is 3.44. The lowest BCUT2D eigenvalue weighted by molar-refractivity contribution is 0.0938. The van der Waals surface area contributed by atoms with Gasteiger partial charge in [-0.3, -0.25) is 4.79 Å². The summed E-state index contributed by atoms with van der Waals surface area (Å²) in [6, 6.07) is 11.8. The molecule has 0 unspecified atom stereocenters. The Bertz CT molecular complexity index is 784. The third kappa shape index (κ3) is 2.84. The lowest BCUT2D eigenvalue weighted by Crippen LogP contribution is -2.27. The summed E-state index contributed by atoms with van der Waals surface area (Å²) < 4.78 is 11.0. The second-order valence-electron chi connectivity index (χ2n) is 6.44. The molecule has 4 rings (SSSR count). The number of nitrogens with one attached hydrogen (secondary N) is 1. The van der Waals surface area contributed by atoms with Crippen molar-refractivity contribution in [2.24, 2.45) is 0 Å². The van der Waals surface area contributed by atoms with E-state index < -0.39 is 0 Å². The number of rotatable bonds is 3.